The second kappa shape index (κ2) is 11.1. The number of hydrogen-bond acceptors (Lipinski definition) is 4. The fraction of sp³-hybridized carbons (Fsp3) is 0.323. The Morgan fingerprint density at radius 1 is 1.00 bits per heavy atom. The van der Waals surface area contributed by atoms with Gasteiger partial charge in [0, 0.05) is 11.7 Å². The van der Waals surface area contributed by atoms with Crippen LogP contribution in [0.5, 0.6) is 5.75 Å². The Labute approximate surface area is 223 Å². The number of benzene rings is 3. The first kappa shape index (κ1) is 25.5. The molecule has 1 N–H and O–H groups in total. The maximum Gasteiger partial charge on any atom is 0.248 e. The SMILES string of the molecule is COc1ccc(C(C(=O)NC2CCCC2)N(C(=O)Cn2c(C)nc3ccccc32)c2ccccc2C)cc1. The number of anilines is 1. The number of aryl methyl sites for hydroxylation is 2. The number of fused-ring (bicyclic) bond motifs is 1. The molecule has 1 heterocycles. The fourth-order valence-corrected chi connectivity index (χ4v) is 5.41. The first-order valence-corrected chi connectivity index (χ1v) is 13.2. The Morgan fingerprint density at radius 3 is 2.39 bits per heavy atom. The molecule has 7 nitrogen and oxygen atoms in total. The van der Waals surface area contributed by atoms with Gasteiger partial charge in [-0.3, -0.25) is 14.5 Å². The Hall–Kier alpha value is -4.13. The Bertz CT molecular complexity index is 1440. The zero-order valence-electron chi connectivity index (χ0n) is 22.2. The van der Waals surface area contributed by atoms with Gasteiger partial charge in [0.25, 0.3) is 0 Å². The Kier molecular flexibility index (Phi) is 7.45. The van der Waals surface area contributed by atoms with Crippen LogP contribution in [0.15, 0.2) is 72.8 Å². The summed E-state index contributed by atoms with van der Waals surface area (Å²) in [5.74, 6) is 1.08. The molecule has 0 bridgehead atoms. The summed E-state index contributed by atoms with van der Waals surface area (Å²) in [6.07, 6.45) is 4.12. The van der Waals surface area contributed by atoms with E-state index in [4.69, 9.17) is 4.74 Å². The average molecular weight is 511 g/mol. The third-order valence-corrected chi connectivity index (χ3v) is 7.42. The van der Waals surface area contributed by atoms with E-state index in [1.807, 2.05) is 91.2 Å². The van der Waals surface area contributed by atoms with Crippen molar-refractivity contribution < 1.29 is 14.3 Å². The summed E-state index contributed by atoms with van der Waals surface area (Å²) >= 11 is 0. The number of ether oxygens (including phenoxy) is 1. The van der Waals surface area contributed by atoms with Crippen LogP contribution >= 0.6 is 0 Å². The highest BCUT2D eigenvalue weighted by Crippen LogP contribution is 2.33. The third kappa shape index (κ3) is 5.14. The molecule has 7 heteroatoms. The number of aromatic nitrogens is 2. The van der Waals surface area contributed by atoms with Crippen LogP contribution in [0.4, 0.5) is 5.69 Å². The minimum Gasteiger partial charge on any atom is -0.497 e. The second-order valence-corrected chi connectivity index (χ2v) is 9.95. The Balaban J connectivity index is 1.60. The van der Waals surface area contributed by atoms with Crippen molar-refractivity contribution in [2.24, 2.45) is 0 Å². The fourth-order valence-electron chi connectivity index (χ4n) is 5.41. The molecule has 1 aliphatic rings. The van der Waals surface area contributed by atoms with Gasteiger partial charge in [-0.25, -0.2) is 4.98 Å². The second-order valence-electron chi connectivity index (χ2n) is 9.95. The molecule has 4 aromatic rings. The minimum absolute atomic E-state index is 0.0596. The van der Waals surface area contributed by atoms with E-state index in [0.29, 0.717) is 11.4 Å². The number of imidazole rings is 1. The minimum atomic E-state index is -0.842. The largest absolute Gasteiger partial charge is 0.497 e. The van der Waals surface area contributed by atoms with E-state index in [2.05, 4.69) is 10.3 Å². The number of hydrogen-bond donors (Lipinski definition) is 1. The maximum absolute atomic E-state index is 14.3. The molecular formula is C31H34N4O3. The van der Waals surface area contributed by atoms with E-state index in [-0.39, 0.29) is 24.4 Å². The van der Waals surface area contributed by atoms with E-state index < -0.39 is 6.04 Å². The number of carbonyl (C=O) groups is 2. The van der Waals surface area contributed by atoms with Crippen LogP contribution in [-0.2, 0) is 16.1 Å². The van der Waals surface area contributed by atoms with Crippen LogP contribution in [-0.4, -0.2) is 34.5 Å². The monoisotopic (exact) mass is 510 g/mol. The molecule has 0 radical (unpaired) electrons. The van der Waals surface area contributed by atoms with Gasteiger partial charge in [-0.05, 0) is 68.1 Å². The molecule has 1 aliphatic carbocycles. The van der Waals surface area contributed by atoms with Gasteiger partial charge < -0.3 is 14.6 Å². The summed E-state index contributed by atoms with van der Waals surface area (Å²) in [4.78, 5) is 34.6. The maximum atomic E-state index is 14.3. The molecule has 1 unspecified atom stereocenters. The molecule has 1 saturated carbocycles. The average Bonchev–Trinajstić information content (AvgIpc) is 3.55. The van der Waals surface area contributed by atoms with E-state index >= 15 is 0 Å². The molecule has 38 heavy (non-hydrogen) atoms. The van der Waals surface area contributed by atoms with Gasteiger partial charge in [0.2, 0.25) is 11.8 Å². The lowest BCUT2D eigenvalue weighted by Gasteiger charge is -2.33. The van der Waals surface area contributed by atoms with Gasteiger partial charge in [-0.2, -0.15) is 0 Å². The van der Waals surface area contributed by atoms with E-state index in [1.165, 1.54) is 0 Å². The first-order chi connectivity index (χ1) is 18.5. The van der Waals surface area contributed by atoms with Crippen molar-refractivity contribution >= 4 is 28.5 Å². The molecule has 3 aromatic carbocycles. The summed E-state index contributed by atoms with van der Waals surface area (Å²) in [7, 11) is 1.61. The van der Waals surface area contributed by atoms with Crippen molar-refractivity contribution in [1.82, 2.24) is 14.9 Å². The normalized spacial score (nSPS) is 14.4. The van der Waals surface area contributed by atoms with Gasteiger partial charge >= 0.3 is 0 Å². The lowest BCUT2D eigenvalue weighted by molar-refractivity contribution is -0.127. The van der Waals surface area contributed by atoms with Gasteiger partial charge in [0.1, 0.15) is 24.2 Å². The molecule has 2 amide bonds. The third-order valence-electron chi connectivity index (χ3n) is 7.42. The topological polar surface area (TPSA) is 76.5 Å². The van der Waals surface area contributed by atoms with Crippen molar-refractivity contribution in [2.75, 3.05) is 12.0 Å². The van der Waals surface area contributed by atoms with Crippen LogP contribution in [0.25, 0.3) is 11.0 Å². The lowest BCUT2D eigenvalue weighted by atomic mass is 10.0. The number of rotatable bonds is 8. The molecule has 0 spiro atoms. The van der Waals surface area contributed by atoms with E-state index in [1.54, 1.807) is 12.0 Å². The van der Waals surface area contributed by atoms with Gasteiger partial charge in [-0.15, -0.1) is 0 Å². The smallest absolute Gasteiger partial charge is 0.248 e. The standard InChI is InChI=1S/C31H34N4O3/c1-21-10-4-8-14-27(21)35(29(36)20-34-22(2)32-26-13-7-9-15-28(26)34)30(23-16-18-25(38-3)19-17-23)31(37)33-24-11-5-6-12-24/h4,7-10,13-19,24,30H,5-6,11-12,20H2,1-3H3,(H,33,37). The van der Waals surface area contributed by atoms with Gasteiger partial charge in [0.05, 0.1) is 18.1 Å². The predicted octanol–water partition coefficient (Wildman–Crippen LogP) is 5.50. The van der Waals surface area contributed by atoms with Gasteiger partial charge in [-0.1, -0.05) is 55.3 Å². The highest BCUT2D eigenvalue weighted by molar-refractivity contribution is 6.02. The van der Waals surface area contributed by atoms with Crippen molar-refractivity contribution in [3.05, 3.63) is 89.7 Å². The summed E-state index contributed by atoms with van der Waals surface area (Å²) < 4.78 is 7.28. The van der Waals surface area contributed by atoms with E-state index in [0.717, 1.165) is 53.7 Å². The Morgan fingerprint density at radius 2 is 1.68 bits per heavy atom. The van der Waals surface area contributed by atoms with Gasteiger partial charge in [0.15, 0.2) is 0 Å². The number of carbonyl (C=O) groups excluding carboxylic acids is 2. The van der Waals surface area contributed by atoms with Crippen molar-refractivity contribution in [2.45, 2.75) is 58.2 Å². The van der Waals surface area contributed by atoms with Crippen molar-refractivity contribution in [3.8, 4) is 5.75 Å². The van der Waals surface area contributed by atoms with Crippen LogP contribution in [0.3, 0.4) is 0 Å². The summed E-state index contributed by atoms with van der Waals surface area (Å²) in [5.41, 5.74) is 4.08. The van der Waals surface area contributed by atoms with E-state index in [9.17, 15) is 9.59 Å². The molecule has 5 rings (SSSR count). The van der Waals surface area contributed by atoms with Crippen molar-refractivity contribution in [3.63, 3.8) is 0 Å². The zero-order valence-corrected chi connectivity index (χ0v) is 22.2. The molecule has 0 saturated heterocycles. The number of amides is 2. The quantitative estimate of drug-likeness (QED) is 0.340. The van der Waals surface area contributed by atoms with Crippen LogP contribution < -0.4 is 15.0 Å². The molecular weight excluding hydrogens is 476 g/mol. The lowest BCUT2D eigenvalue weighted by Crippen LogP contribution is -2.47. The molecule has 196 valence electrons. The number of para-hydroxylation sites is 3. The summed E-state index contributed by atoms with van der Waals surface area (Å²) in [5, 5.41) is 3.25. The summed E-state index contributed by atoms with van der Waals surface area (Å²) in [6.45, 7) is 3.93. The molecule has 0 aliphatic heterocycles. The van der Waals surface area contributed by atoms with Crippen molar-refractivity contribution in [1.29, 1.82) is 0 Å². The highest BCUT2D eigenvalue weighted by atomic mass is 16.5. The first-order valence-electron chi connectivity index (χ1n) is 13.2. The molecule has 1 aromatic heterocycles. The number of nitrogens with zero attached hydrogens (tertiary/aromatic N) is 3. The number of methoxy groups -OCH3 is 1. The molecule has 1 atom stereocenters. The highest BCUT2D eigenvalue weighted by Gasteiger charge is 2.35. The van der Waals surface area contributed by atoms with Crippen LogP contribution in [0.2, 0.25) is 0 Å². The predicted molar refractivity (Wildman–Crippen MR) is 149 cm³/mol. The summed E-state index contributed by atoms with van der Waals surface area (Å²) in [6, 6.07) is 22.2. The van der Waals surface area contributed by atoms with Crippen LogP contribution in [0.1, 0.15) is 48.7 Å². The van der Waals surface area contributed by atoms with Crippen LogP contribution in [0, 0.1) is 13.8 Å². The number of nitrogens with one attached hydrogen (secondary N) is 1. The molecule has 1 fully saturated rings. The zero-order chi connectivity index (χ0) is 26.6.